The number of aromatic nitrogens is 2. The van der Waals surface area contributed by atoms with Crippen LogP contribution in [0.2, 0.25) is 0 Å². The van der Waals surface area contributed by atoms with Crippen LogP contribution in [0, 0.1) is 6.92 Å². The van der Waals surface area contributed by atoms with E-state index in [2.05, 4.69) is 15.0 Å². The molecule has 1 aromatic heterocycles. The van der Waals surface area contributed by atoms with E-state index in [1.165, 1.54) is 10.6 Å². The molecule has 0 amide bonds. The van der Waals surface area contributed by atoms with Crippen molar-refractivity contribution >= 4 is 0 Å². The van der Waals surface area contributed by atoms with Crippen LogP contribution in [0.1, 0.15) is 18.3 Å². The molecule has 1 fully saturated rings. The Bertz CT molecular complexity index is 630. The molecule has 1 aromatic rings. The van der Waals surface area contributed by atoms with Crippen LogP contribution in [0.15, 0.2) is 20.8 Å². The minimum Gasteiger partial charge on any atom is -0.394 e. The van der Waals surface area contributed by atoms with Gasteiger partial charge in [0, 0.05) is 23.1 Å². The highest BCUT2D eigenvalue weighted by Crippen LogP contribution is 2.30. The molecule has 0 radical (unpaired) electrons. The van der Waals surface area contributed by atoms with Crippen LogP contribution in [-0.4, -0.2) is 33.4 Å². The molecule has 0 saturated carbocycles. The van der Waals surface area contributed by atoms with Crippen LogP contribution in [0.4, 0.5) is 0 Å². The average Bonchev–Trinajstić information content (AvgIpc) is 2.71. The van der Waals surface area contributed by atoms with E-state index in [9.17, 15) is 9.59 Å². The second kappa shape index (κ2) is 5.27. The van der Waals surface area contributed by atoms with Crippen molar-refractivity contribution in [2.45, 2.75) is 31.7 Å². The number of aromatic amines is 1. The number of nitrogens with one attached hydrogen (secondary N) is 1. The Morgan fingerprint density at radius 2 is 2.42 bits per heavy atom. The van der Waals surface area contributed by atoms with Gasteiger partial charge in [0.15, 0.2) is 0 Å². The smallest absolute Gasteiger partial charge is 0.330 e. The number of ether oxygens (including phenoxy) is 1. The molecule has 9 heteroatoms. The van der Waals surface area contributed by atoms with Crippen molar-refractivity contribution in [2.75, 3.05) is 6.61 Å². The molecule has 102 valence electrons. The standard InChI is InChI=1S/C10H13N5O4/c1-5-2-8(17)12-10(18)15(5)9-3-6(13-14-11)7(4-16)19-9/h2,6-7,9,16H,3-4H2,1H3,(H,12,17,18)/t6-,7+,9-/m0/s1. The molecule has 0 aromatic carbocycles. The van der Waals surface area contributed by atoms with Gasteiger partial charge in [0.25, 0.3) is 5.56 Å². The van der Waals surface area contributed by atoms with Crippen molar-refractivity contribution in [3.8, 4) is 0 Å². The molecular weight excluding hydrogens is 254 g/mol. The molecule has 1 aliphatic rings. The number of azide groups is 1. The van der Waals surface area contributed by atoms with Gasteiger partial charge in [-0.1, -0.05) is 5.11 Å². The number of aliphatic hydroxyl groups excluding tert-OH is 1. The summed E-state index contributed by atoms with van der Waals surface area (Å²) in [7, 11) is 0. The van der Waals surface area contributed by atoms with E-state index < -0.39 is 29.6 Å². The number of aryl methyl sites for hydroxylation is 1. The summed E-state index contributed by atoms with van der Waals surface area (Å²) in [6.07, 6.45) is -1.06. The minimum absolute atomic E-state index is 0.266. The summed E-state index contributed by atoms with van der Waals surface area (Å²) in [6, 6.07) is 0.734. The lowest BCUT2D eigenvalue weighted by Crippen LogP contribution is -2.34. The Labute approximate surface area is 107 Å². The Morgan fingerprint density at radius 1 is 1.68 bits per heavy atom. The second-order valence-electron chi connectivity index (χ2n) is 4.27. The van der Waals surface area contributed by atoms with Gasteiger partial charge in [0.1, 0.15) is 6.23 Å². The third-order valence-corrected chi connectivity index (χ3v) is 3.04. The van der Waals surface area contributed by atoms with Gasteiger partial charge < -0.3 is 9.84 Å². The van der Waals surface area contributed by atoms with E-state index in [0.717, 1.165) is 0 Å². The first kappa shape index (κ1) is 13.3. The lowest BCUT2D eigenvalue weighted by Gasteiger charge is -2.16. The Kier molecular flexibility index (Phi) is 3.70. The van der Waals surface area contributed by atoms with Gasteiger partial charge in [-0.05, 0) is 12.5 Å². The van der Waals surface area contributed by atoms with Gasteiger partial charge in [0.05, 0.1) is 18.8 Å². The maximum Gasteiger partial charge on any atom is 0.330 e. The molecule has 2 heterocycles. The van der Waals surface area contributed by atoms with E-state index in [1.54, 1.807) is 6.92 Å². The zero-order valence-electron chi connectivity index (χ0n) is 10.2. The third-order valence-electron chi connectivity index (χ3n) is 3.04. The van der Waals surface area contributed by atoms with Crippen LogP contribution in [0.3, 0.4) is 0 Å². The number of aliphatic hydroxyl groups is 1. The SMILES string of the molecule is Cc1cc(=O)[nH]c(=O)n1[C@@H]1C[C@H](N=[N+]=[N-])[C@@H](CO)O1. The first-order chi connectivity index (χ1) is 9.06. The summed E-state index contributed by atoms with van der Waals surface area (Å²) >= 11 is 0. The molecule has 2 N–H and O–H groups in total. The summed E-state index contributed by atoms with van der Waals surface area (Å²) in [5.74, 6) is 0. The molecule has 0 spiro atoms. The quantitative estimate of drug-likeness (QED) is 0.445. The van der Waals surface area contributed by atoms with Crippen molar-refractivity contribution < 1.29 is 9.84 Å². The summed E-state index contributed by atoms with van der Waals surface area (Å²) < 4.78 is 6.76. The Balaban J connectivity index is 2.37. The first-order valence-electron chi connectivity index (χ1n) is 5.69. The van der Waals surface area contributed by atoms with Gasteiger partial charge in [-0.2, -0.15) is 0 Å². The molecule has 19 heavy (non-hydrogen) atoms. The highest BCUT2D eigenvalue weighted by atomic mass is 16.5. The van der Waals surface area contributed by atoms with Gasteiger partial charge in [-0.25, -0.2) is 4.79 Å². The fourth-order valence-electron chi connectivity index (χ4n) is 2.20. The van der Waals surface area contributed by atoms with Crippen LogP contribution < -0.4 is 11.2 Å². The molecule has 0 unspecified atom stereocenters. The van der Waals surface area contributed by atoms with Crippen molar-refractivity contribution in [1.29, 1.82) is 0 Å². The van der Waals surface area contributed by atoms with Gasteiger partial charge in [-0.15, -0.1) is 0 Å². The highest BCUT2D eigenvalue weighted by Gasteiger charge is 2.36. The normalized spacial score (nSPS) is 26.1. The third kappa shape index (κ3) is 2.53. The zero-order valence-corrected chi connectivity index (χ0v) is 10.2. The van der Waals surface area contributed by atoms with Gasteiger partial charge in [0.2, 0.25) is 0 Å². The molecule has 9 nitrogen and oxygen atoms in total. The molecule has 1 aliphatic heterocycles. The number of nitrogens with zero attached hydrogens (tertiary/aromatic N) is 4. The monoisotopic (exact) mass is 267 g/mol. The van der Waals surface area contributed by atoms with Crippen LogP contribution >= 0.6 is 0 Å². The summed E-state index contributed by atoms with van der Waals surface area (Å²) in [6.45, 7) is 1.30. The van der Waals surface area contributed by atoms with Crippen molar-refractivity contribution in [1.82, 2.24) is 9.55 Å². The Hall–Kier alpha value is -2.09. The average molecular weight is 267 g/mol. The van der Waals surface area contributed by atoms with Crippen LogP contribution in [-0.2, 0) is 4.74 Å². The van der Waals surface area contributed by atoms with Gasteiger partial charge >= 0.3 is 5.69 Å². The van der Waals surface area contributed by atoms with E-state index in [4.69, 9.17) is 15.4 Å². The topological polar surface area (TPSA) is 133 Å². The van der Waals surface area contributed by atoms with Crippen LogP contribution in [0.25, 0.3) is 10.4 Å². The summed E-state index contributed by atoms with van der Waals surface area (Å²) in [5.41, 5.74) is 7.82. The molecule has 2 rings (SSSR count). The maximum atomic E-state index is 11.8. The van der Waals surface area contributed by atoms with E-state index in [0.29, 0.717) is 5.69 Å². The van der Waals surface area contributed by atoms with E-state index >= 15 is 0 Å². The second-order valence-corrected chi connectivity index (χ2v) is 4.27. The first-order valence-corrected chi connectivity index (χ1v) is 5.69. The molecule has 0 bridgehead atoms. The predicted molar refractivity (Wildman–Crippen MR) is 64.6 cm³/mol. The molecule has 0 aliphatic carbocycles. The van der Waals surface area contributed by atoms with Crippen molar-refractivity contribution in [3.05, 3.63) is 43.0 Å². The number of hydrogen-bond donors (Lipinski definition) is 2. The lowest BCUT2D eigenvalue weighted by molar-refractivity contribution is -0.0279. The predicted octanol–water partition coefficient (Wildman–Crippen LogP) is -0.196. The highest BCUT2D eigenvalue weighted by molar-refractivity contribution is 5.01. The molecular formula is C10H13N5O4. The fourth-order valence-corrected chi connectivity index (χ4v) is 2.20. The Morgan fingerprint density at radius 3 is 3.00 bits per heavy atom. The zero-order chi connectivity index (χ0) is 14.0. The lowest BCUT2D eigenvalue weighted by atomic mass is 10.1. The molecule has 3 atom stereocenters. The van der Waals surface area contributed by atoms with E-state index in [-0.39, 0.29) is 13.0 Å². The number of H-pyrrole nitrogens is 1. The minimum atomic E-state index is -0.669. The van der Waals surface area contributed by atoms with Gasteiger partial charge in [-0.3, -0.25) is 14.3 Å². The summed E-state index contributed by atoms with van der Waals surface area (Å²) in [5, 5.41) is 12.7. The van der Waals surface area contributed by atoms with Crippen molar-refractivity contribution in [2.24, 2.45) is 5.11 Å². The fraction of sp³-hybridized carbons (Fsp3) is 0.600. The van der Waals surface area contributed by atoms with E-state index in [1.807, 2.05) is 0 Å². The van der Waals surface area contributed by atoms with Crippen molar-refractivity contribution in [3.63, 3.8) is 0 Å². The van der Waals surface area contributed by atoms with Crippen LogP contribution in [0.5, 0.6) is 0 Å². The largest absolute Gasteiger partial charge is 0.394 e. The number of rotatable bonds is 3. The maximum absolute atomic E-state index is 11.8. The molecule has 1 saturated heterocycles. The summed E-state index contributed by atoms with van der Waals surface area (Å²) in [4.78, 5) is 27.8. The number of hydrogen-bond acceptors (Lipinski definition) is 5.